The van der Waals surface area contributed by atoms with Crippen LogP contribution in [0.5, 0.6) is 11.6 Å². The molecule has 0 N–H and O–H groups in total. The predicted molar refractivity (Wildman–Crippen MR) is 63.4 cm³/mol. The molecule has 2 aromatic rings. The van der Waals surface area contributed by atoms with Crippen molar-refractivity contribution in [3.63, 3.8) is 0 Å². The Kier molecular flexibility index (Phi) is 3.14. The molecule has 0 saturated heterocycles. The van der Waals surface area contributed by atoms with Crippen LogP contribution in [-0.2, 0) is 0 Å². The number of rotatable bonds is 3. The Hall–Kier alpha value is -2.23. The zero-order chi connectivity index (χ0) is 12.3. The van der Waals surface area contributed by atoms with E-state index in [2.05, 4.69) is 9.97 Å². The van der Waals surface area contributed by atoms with Crippen molar-refractivity contribution in [2.75, 3.05) is 0 Å². The molecule has 2 rings (SSSR count). The Morgan fingerprint density at radius 2 is 1.88 bits per heavy atom. The van der Waals surface area contributed by atoms with Gasteiger partial charge in [-0.3, -0.25) is 4.79 Å². The second-order valence-corrected chi connectivity index (χ2v) is 3.83. The molecule has 0 fully saturated rings. The van der Waals surface area contributed by atoms with Crippen LogP contribution in [0.3, 0.4) is 0 Å². The largest absolute Gasteiger partial charge is 0.438 e. The van der Waals surface area contributed by atoms with Crippen molar-refractivity contribution in [3.05, 3.63) is 47.4 Å². The van der Waals surface area contributed by atoms with E-state index in [0.29, 0.717) is 17.6 Å². The molecule has 0 unspecified atom stereocenters. The SMILES string of the molecule is Cc1cc(C)cc(Oc2ncncc2C=O)c1. The Morgan fingerprint density at radius 1 is 1.18 bits per heavy atom. The van der Waals surface area contributed by atoms with E-state index in [9.17, 15) is 4.79 Å². The number of aromatic nitrogens is 2. The van der Waals surface area contributed by atoms with Crippen molar-refractivity contribution >= 4 is 6.29 Å². The number of carbonyl (C=O) groups is 1. The van der Waals surface area contributed by atoms with Crippen LogP contribution in [0.2, 0.25) is 0 Å². The van der Waals surface area contributed by atoms with Crippen LogP contribution in [0, 0.1) is 13.8 Å². The van der Waals surface area contributed by atoms with Gasteiger partial charge in [0, 0.05) is 6.20 Å². The number of hydrogen-bond acceptors (Lipinski definition) is 4. The molecule has 1 aromatic carbocycles. The van der Waals surface area contributed by atoms with Gasteiger partial charge >= 0.3 is 0 Å². The minimum atomic E-state index is 0.278. The van der Waals surface area contributed by atoms with Crippen LogP contribution in [0.15, 0.2) is 30.7 Å². The molecule has 1 heterocycles. The van der Waals surface area contributed by atoms with Gasteiger partial charge < -0.3 is 4.74 Å². The zero-order valence-corrected chi connectivity index (χ0v) is 9.68. The third-order valence-electron chi connectivity index (χ3n) is 2.24. The van der Waals surface area contributed by atoms with Crippen LogP contribution in [-0.4, -0.2) is 16.3 Å². The molecule has 1 aromatic heterocycles. The van der Waals surface area contributed by atoms with E-state index in [1.165, 1.54) is 12.5 Å². The molecule has 0 aliphatic rings. The third-order valence-corrected chi connectivity index (χ3v) is 2.24. The van der Waals surface area contributed by atoms with Crippen LogP contribution in [0.25, 0.3) is 0 Å². The number of hydrogen-bond donors (Lipinski definition) is 0. The van der Waals surface area contributed by atoms with Gasteiger partial charge in [-0.05, 0) is 37.1 Å². The first-order chi connectivity index (χ1) is 8.19. The molecule has 0 aliphatic carbocycles. The number of aryl methyl sites for hydroxylation is 2. The van der Waals surface area contributed by atoms with Gasteiger partial charge in [-0.1, -0.05) is 6.07 Å². The lowest BCUT2D eigenvalue weighted by molar-refractivity contribution is 0.112. The van der Waals surface area contributed by atoms with Crippen LogP contribution < -0.4 is 4.74 Å². The predicted octanol–water partition coefficient (Wildman–Crippen LogP) is 2.70. The van der Waals surface area contributed by atoms with Gasteiger partial charge in [0.05, 0.1) is 5.56 Å². The zero-order valence-electron chi connectivity index (χ0n) is 9.68. The average molecular weight is 228 g/mol. The van der Waals surface area contributed by atoms with E-state index in [4.69, 9.17) is 4.74 Å². The van der Waals surface area contributed by atoms with Gasteiger partial charge in [0.1, 0.15) is 12.1 Å². The lowest BCUT2D eigenvalue weighted by Gasteiger charge is -2.07. The molecule has 0 aliphatic heterocycles. The summed E-state index contributed by atoms with van der Waals surface area (Å²) in [5.74, 6) is 0.948. The molecule has 4 heteroatoms. The van der Waals surface area contributed by atoms with E-state index < -0.39 is 0 Å². The highest BCUT2D eigenvalue weighted by atomic mass is 16.5. The minimum Gasteiger partial charge on any atom is -0.438 e. The maximum absolute atomic E-state index is 10.8. The number of aldehydes is 1. The number of ether oxygens (including phenoxy) is 1. The summed E-state index contributed by atoms with van der Waals surface area (Å²) in [5, 5.41) is 0. The Labute approximate surface area is 99.3 Å². The quantitative estimate of drug-likeness (QED) is 0.758. The summed E-state index contributed by atoms with van der Waals surface area (Å²) in [7, 11) is 0. The van der Waals surface area contributed by atoms with Gasteiger partial charge in [-0.2, -0.15) is 0 Å². The number of carbonyl (C=O) groups excluding carboxylic acids is 1. The molecule has 4 nitrogen and oxygen atoms in total. The van der Waals surface area contributed by atoms with Gasteiger partial charge in [0.25, 0.3) is 0 Å². The molecular formula is C13H12N2O2. The second-order valence-electron chi connectivity index (χ2n) is 3.83. The standard InChI is InChI=1S/C13H12N2O2/c1-9-3-10(2)5-12(4-9)17-13-11(7-16)6-14-8-15-13/h3-8H,1-2H3. The highest BCUT2D eigenvalue weighted by Gasteiger charge is 2.06. The van der Waals surface area contributed by atoms with E-state index in [1.54, 1.807) is 0 Å². The topological polar surface area (TPSA) is 52.1 Å². The maximum Gasteiger partial charge on any atom is 0.232 e. The molecule has 0 spiro atoms. The fourth-order valence-corrected chi connectivity index (χ4v) is 1.60. The summed E-state index contributed by atoms with van der Waals surface area (Å²) < 4.78 is 5.58. The third kappa shape index (κ3) is 2.66. The fraction of sp³-hybridized carbons (Fsp3) is 0.154. The summed E-state index contributed by atoms with van der Waals surface area (Å²) in [4.78, 5) is 18.5. The first-order valence-corrected chi connectivity index (χ1v) is 5.20. The molecule has 0 bridgehead atoms. The molecular weight excluding hydrogens is 216 g/mol. The fourth-order valence-electron chi connectivity index (χ4n) is 1.60. The van der Waals surface area contributed by atoms with E-state index in [-0.39, 0.29) is 5.88 Å². The molecule has 86 valence electrons. The number of nitrogens with zero attached hydrogens (tertiary/aromatic N) is 2. The van der Waals surface area contributed by atoms with Crippen LogP contribution >= 0.6 is 0 Å². The summed E-state index contributed by atoms with van der Waals surface area (Å²) >= 11 is 0. The first-order valence-electron chi connectivity index (χ1n) is 5.20. The van der Waals surface area contributed by atoms with Gasteiger partial charge in [-0.15, -0.1) is 0 Å². The van der Waals surface area contributed by atoms with E-state index in [0.717, 1.165) is 11.1 Å². The molecule has 17 heavy (non-hydrogen) atoms. The number of benzene rings is 1. The molecule has 0 amide bonds. The van der Waals surface area contributed by atoms with Gasteiger partial charge in [-0.25, -0.2) is 9.97 Å². The Balaban J connectivity index is 2.34. The van der Waals surface area contributed by atoms with E-state index >= 15 is 0 Å². The highest BCUT2D eigenvalue weighted by molar-refractivity contribution is 5.77. The van der Waals surface area contributed by atoms with Crippen molar-refractivity contribution in [1.29, 1.82) is 0 Å². The summed E-state index contributed by atoms with van der Waals surface area (Å²) in [6.45, 7) is 3.97. The summed E-state index contributed by atoms with van der Waals surface area (Å²) in [6, 6.07) is 5.83. The van der Waals surface area contributed by atoms with Gasteiger partial charge in [0.15, 0.2) is 6.29 Å². The van der Waals surface area contributed by atoms with Crippen molar-refractivity contribution < 1.29 is 9.53 Å². The van der Waals surface area contributed by atoms with Crippen molar-refractivity contribution in [2.24, 2.45) is 0 Å². The average Bonchev–Trinajstić information content (AvgIpc) is 2.28. The van der Waals surface area contributed by atoms with Crippen LogP contribution in [0.4, 0.5) is 0 Å². The molecule has 0 radical (unpaired) electrons. The van der Waals surface area contributed by atoms with Gasteiger partial charge in [0.2, 0.25) is 5.88 Å². The van der Waals surface area contributed by atoms with Crippen molar-refractivity contribution in [2.45, 2.75) is 13.8 Å². The van der Waals surface area contributed by atoms with Crippen molar-refractivity contribution in [3.8, 4) is 11.6 Å². The summed E-state index contributed by atoms with van der Waals surface area (Å²) in [5.41, 5.74) is 2.54. The summed E-state index contributed by atoms with van der Waals surface area (Å²) in [6.07, 6.45) is 3.46. The Bertz CT molecular complexity index is 533. The van der Waals surface area contributed by atoms with Crippen LogP contribution in [0.1, 0.15) is 21.5 Å². The lowest BCUT2D eigenvalue weighted by Crippen LogP contribution is -1.95. The smallest absolute Gasteiger partial charge is 0.232 e. The van der Waals surface area contributed by atoms with Crippen molar-refractivity contribution in [1.82, 2.24) is 9.97 Å². The highest BCUT2D eigenvalue weighted by Crippen LogP contribution is 2.23. The Morgan fingerprint density at radius 3 is 2.53 bits per heavy atom. The monoisotopic (exact) mass is 228 g/mol. The lowest BCUT2D eigenvalue weighted by atomic mass is 10.1. The normalized spacial score (nSPS) is 10.0. The molecule has 0 atom stereocenters. The second kappa shape index (κ2) is 4.74. The minimum absolute atomic E-state index is 0.278. The first kappa shape index (κ1) is 11.3. The molecule has 0 saturated carbocycles. The maximum atomic E-state index is 10.8. The van der Waals surface area contributed by atoms with E-state index in [1.807, 2.05) is 32.0 Å².